The van der Waals surface area contributed by atoms with Crippen molar-refractivity contribution in [2.75, 3.05) is 65.6 Å². The summed E-state index contributed by atoms with van der Waals surface area (Å²) in [6.45, 7) is 11.5. The topological polar surface area (TPSA) is 36.0 Å². The summed E-state index contributed by atoms with van der Waals surface area (Å²) in [5.41, 5.74) is 0. The van der Waals surface area contributed by atoms with Gasteiger partial charge in [-0.1, -0.05) is 13.3 Å². The molecule has 3 rings (SSSR count). The molecular weight excluding hydrogens is 278 g/mol. The van der Waals surface area contributed by atoms with Gasteiger partial charge in [-0.2, -0.15) is 0 Å². The van der Waals surface area contributed by atoms with Gasteiger partial charge in [-0.15, -0.1) is 0 Å². The van der Waals surface area contributed by atoms with E-state index >= 15 is 0 Å². The fourth-order valence-corrected chi connectivity index (χ4v) is 4.09. The Morgan fingerprint density at radius 2 is 1.68 bits per heavy atom. The zero-order chi connectivity index (χ0) is 15.4. The minimum Gasteiger partial charge on any atom is -0.378 e. The molecule has 0 spiro atoms. The molecule has 5 nitrogen and oxygen atoms in total. The van der Waals surface area contributed by atoms with Crippen LogP contribution in [0.5, 0.6) is 0 Å². The Bertz CT molecular complexity index is 363. The van der Waals surface area contributed by atoms with E-state index in [1.807, 2.05) is 4.90 Å². The molecule has 0 radical (unpaired) electrons. The molecule has 2 saturated heterocycles. The molecule has 5 heteroatoms. The highest BCUT2D eigenvalue weighted by Gasteiger charge is 2.26. The lowest BCUT2D eigenvalue weighted by Crippen LogP contribution is -2.52. The second-order valence-electron chi connectivity index (χ2n) is 7.35. The molecule has 0 bridgehead atoms. The van der Waals surface area contributed by atoms with Crippen molar-refractivity contribution in [2.24, 2.45) is 11.8 Å². The van der Waals surface area contributed by atoms with Crippen LogP contribution in [0.15, 0.2) is 0 Å². The van der Waals surface area contributed by atoms with Crippen LogP contribution in [-0.4, -0.2) is 86.2 Å². The van der Waals surface area contributed by atoms with Crippen molar-refractivity contribution in [3.05, 3.63) is 0 Å². The van der Waals surface area contributed by atoms with E-state index < -0.39 is 0 Å². The van der Waals surface area contributed by atoms with E-state index in [4.69, 9.17) is 4.74 Å². The first-order valence-electron chi connectivity index (χ1n) is 9.01. The molecule has 1 amide bonds. The van der Waals surface area contributed by atoms with E-state index in [-0.39, 0.29) is 5.91 Å². The van der Waals surface area contributed by atoms with E-state index in [9.17, 15) is 4.79 Å². The fourth-order valence-electron chi connectivity index (χ4n) is 4.09. The summed E-state index contributed by atoms with van der Waals surface area (Å²) in [6.07, 6.45) is 4.24. The van der Waals surface area contributed by atoms with Crippen LogP contribution in [0.4, 0.5) is 0 Å². The van der Waals surface area contributed by atoms with Gasteiger partial charge in [0.05, 0.1) is 19.8 Å². The van der Waals surface area contributed by atoms with Gasteiger partial charge in [-0.25, -0.2) is 0 Å². The number of hydrogen-bond acceptors (Lipinski definition) is 4. The number of carbonyl (C=O) groups is 1. The third-order valence-corrected chi connectivity index (χ3v) is 5.51. The van der Waals surface area contributed by atoms with Gasteiger partial charge in [0, 0.05) is 45.8 Å². The van der Waals surface area contributed by atoms with Crippen LogP contribution in [0.3, 0.4) is 0 Å². The molecule has 0 aromatic carbocycles. The average molecular weight is 309 g/mol. The molecule has 22 heavy (non-hydrogen) atoms. The van der Waals surface area contributed by atoms with Crippen LogP contribution in [0.25, 0.3) is 0 Å². The molecule has 0 aromatic rings. The molecule has 0 N–H and O–H groups in total. The van der Waals surface area contributed by atoms with Gasteiger partial charge in [0.2, 0.25) is 5.91 Å². The van der Waals surface area contributed by atoms with Gasteiger partial charge >= 0.3 is 0 Å². The Hall–Kier alpha value is -0.650. The second kappa shape index (κ2) is 7.75. The Morgan fingerprint density at radius 1 is 1.00 bits per heavy atom. The maximum absolute atomic E-state index is 12.3. The van der Waals surface area contributed by atoms with Crippen LogP contribution in [0.1, 0.15) is 26.2 Å². The summed E-state index contributed by atoms with van der Waals surface area (Å²) < 4.78 is 5.31. The van der Waals surface area contributed by atoms with Crippen molar-refractivity contribution in [1.82, 2.24) is 14.7 Å². The summed E-state index contributed by atoms with van der Waals surface area (Å²) >= 11 is 0. The normalized spacial score (nSPS) is 31.6. The smallest absolute Gasteiger partial charge is 0.236 e. The number of amides is 1. The molecule has 126 valence electrons. The summed E-state index contributed by atoms with van der Waals surface area (Å²) in [5.74, 6) is 2.12. The number of hydrogen-bond donors (Lipinski definition) is 0. The Kier molecular flexibility index (Phi) is 5.71. The zero-order valence-corrected chi connectivity index (χ0v) is 14.0. The van der Waals surface area contributed by atoms with Crippen molar-refractivity contribution in [2.45, 2.75) is 26.2 Å². The minimum atomic E-state index is 0.279. The van der Waals surface area contributed by atoms with E-state index in [1.165, 1.54) is 25.8 Å². The van der Waals surface area contributed by atoms with E-state index in [2.05, 4.69) is 16.7 Å². The molecule has 3 fully saturated rings. The number of piperazine rings is 1. The summed E-state index contributed by atoms with van der Waals surface area (Å²) in [7, 11) is 0. The summed E-state index contributed by atoms with van der Waals surface area (Å²) in [4.78, 5) is 19.2. The molecule has 1 aliphatic carbocycles. The highest BCUT2D eigenvalue weighted by Crippen LogP contribution is 2.30. The first-order chi connectivity index (χ1) is 10.7. The molecule has 1 saturated carbocycles. The van der Waals surface area contributed by atoms with Crippen molar-refractivity contribution in [1.29, 1.82) is 0 Å². The largest absolute Gasteiger partial charge is 0.378 e. The highest BCUT2D eigenvalue weighted by molar-refractivity contribution is 5.78. The molecule has 3 aliphatic rings. The molecule has 2 atom stereocenters. The van der Waals surface area contributed by atoms with Crippen LogP contribution in [0.2, 0.25) is 0 Å². The Balaban J connectivity index is 1.35. The van der Waals surface area contributed by atoms with Crippen molar-refractivity contribution in [3.63, 3.8) is 0 Å². The Morgan fingerprint density at radius 3 is 2.32 bits per heavy atom. The zero-order valence-electron chi connectivity index (χ0n) is 14.0. The van der Waals surface area contributed by atoms with E-state index in [1.54, 1.807) is 0 Å². The third kappa shape index (κ3) is 4.43. The monoisotopic (exact) mass is 309 g/mol. The van der Waals surface area contributed by atoms with Crippen LogP contribution < -0.4 is 0 Å². The number of rotatable bonds is 4. The maximum atomic E-state index is 12.3. The predicted molar refractivity (Wildman–Crippen MR) is 86.8 cm³/mol. The van der Waals surface area contributed by atoms with Crippen LogP contribution in [-0.2, 0) is 9.53 Å². The molecule has 2 aliphatic heterocycles. The fraction of sp³-hybridized carbons (Fsp3) is 0.941. The van der Waals surface area contributed by atoms with Gasteiger partial charge in [-0.3, -0.25) is 9.69 Å². The molecule has 0 aromatic heterocycles. The Labute approximate surface area is 134 Å². The number of carbonyl (C=O) groups excluding carboxylic acids is 1. The first-order valence-corrected chi connectivity index (χ1v) is 9.01. The number of nitrogens with zero attached hydrogens (tertiary/aromatic N) is 3. The summed E-state index contributed by atoms with van der Waals surface area (Å²) in [5, 5.41) is 0. The lowest BCUT2D eigenvalue weighted by molar-refractivity contribution is -0.136. The van der Waals surface area contributed by atoms with Gasteiger partial charge < -0.3 is 14.5 Å². The standard InChI is InChI=1S/C17H31N3O2/c1-15-2-3-16(12-15)13-18-4-6-19(7-5-18)14-17(21)20-8-10-22-11-9-20/h15-16H,2-14H2,1H3. The van der Waals surface area contributed by atoms with Crippen LogP contribution in [0, 0.1) is 11.8 Å². The average Bonchev–Trinajstić information content (AvgIpc) is 2.95. The number of morpholine rings is 1. The summed E-state index contributed by atoms with van der Waals surface area (Å²) in [6, 6.07) is 0. The van der Waals surface area contributed by atoms with E-state index in [0.29, 0.717) is 19.8 Å². The third-order valence-electron chi connectivity index (χ3n) is 5.51. The van der Waals surface area contributed by atoms with Gasteiger partial charge in [0.25, 0.3) is 0 Å². The van der Waals surface area contributed by atoms with Gasteiger partial charge in [0.1, 0.15) is 0 Å². The lowest BCUT2D eigenvalue weighted by Gasteiger charge is -2.37. The predicted octanol–water partition coefficient (Wildman–Crippen LogP) is 0.899. The molecule has 2 unspecified atom stereocenters. The maximum Gasteiger partial charge on any atom is 0.236 e. The van der Waals surface area contributed by atoms with Gasteiger partial charge in [0.15, 0.2) is 0 Å². The minimum absolute atomic E-state index is 0.279. The van der Waals surface area contributed by atoms with E-state index in [0.717, 1.165) is 51.1 Å². The first kappa shape index (κ1) is 16.2. The molecular formula is C17H31N3O2. The number of ether oxygens (including phenoxy) is 1. The lowest BCUT2D eigenvalue weighted by atomic mass is 10.1. The molecule has 2 heterocycles. The SMILES string of the molecule is CC1CCC(CN2CCN(CC(=O)N3CCOCC3)CC2)C1. The second-order valence-corrected chi connectivity index (χ2v) is 7.35. The quantitative estimate of drug-likeness (QED) is 0.773. The van der Waals surface area contributed by atoms with Gasteiger partial charge in [-0.05, 0) is 24.7 Å². The van der Waals surface area contributed by atoms with Crippen molar-refractivity contribution < 1.29 is 9.53 Å². The van der Waals surface area contributed by atoms with Crippen molar-refractivity contribution >= 4 is 5.91 Å². The van der Waals surface area contributed by atoms with Crippen LogP contribution >= 0.6 is 0 Å². The van der Waals surface area contributed by atoms with Crippen molar-refractivity contribution in [3.8, 4) is 0 Å². The highest BCUT2D eigenvalue weighted by atomic mass is 16.5.